The quantitative estimate of drug-likeness (QED) is 0.730. The maximum atomic E-state index is 12.9. The van der Waals surface area contributed by atoms with Crippen molar-refractivity contribution in [2.24, 2.45) is 0 Å². The molecule has 128 valence electrons. The molecule has 0 spiro atoms. The maximum Gasteiger partial charge on any atom is 0.227 e. The first kappa shape index (κ1) is 17.0. The van der Waals surface area contributed by atoms with Gasteiger partial charge in [-0.05, 0) is 36.4 Å². The van der Waals surface area contributed by atoms with Crippen LogP contribution in [0.2, 0.25) is 0 Å². The maximum absolute atomic E-state index is 12.9. The summed E-state index contributed by atoms with van der Waals surface area (Å²) >= 11 is 1.37. The molecule has 0 radical (unpaired) electrons. The highest BCUT2D eigenvalue weighted by molar-refractivity contribution is 7.14. The van der Waals surface area contributed by atoms with E-state index < -0.39 is 0 Å². The van der Waals surface area contributed by atoms with E-state index in [9.17, 15) is 9.18 Å². The Balaban J connectivity index is 1.53. The van der Waals surface area contributed by atoms with Crippen LogP contribution in [0, 0.1) is 5.82 Å². The standard InChI is InChI=1S/C18H17FN4OS/c1-23(14-7-5-13(19)6-8-14)11-9-17(24)22-18-21-16(12-25-18)15-4-2-3-10-20-15/h2-8,10,12H,9,11H2,1H3,(H,21,22,24). The Hall–Kier alpha value is -2.80. The van der Waals surface area contributed by atoms with Gasteiger partial charge < -0.3 is 10.2 Å². The summed E-state index contributed by atoms with van der Waals surface area (Å²) in [6.45, 7) is 0.524. The summed E-state index contributed by atoms with van der Waals surface area (Å²) in [5, 5.41) is 5.22. The fraction of sp³-hybridized carbons (Fsp3) is 0.167. The molecule has 1 N–H and O–H groups in total. The highest BCUT2D eigenvalue weighted by Gasteiger charge is 2.10. The molecular weight excluding hydrogens is 339 g/mol. The van der Waals surface area contributed by atoms with Crippen LogP contribution >= 0.6 is 11.3 Å². The van der Waals surface area contributed by atoms with Crippen LogP contribution in [0.4, 0.5) is 15.2 Å². The zero-order valence-electron chi connectivity index (χ0n) is 13.6. The third kappa shape index (κ3) is 4.60. The lowest BCUT2D eigenvalue weighted by Gasteiger charge is -2.18. The summed E-state index contributed by atoms with van der Waals surface area (Å²) < 4.78 is 12.9. The van der Waals surface area contributed by atoms with Gasteiger partial charge >= 0.3 is 0 Å². The number of anilines is 2. The third-order valence-corrected chi connectivity index (χ3v) is 4.38. The fourth-order valence-electron chi connectivity index (χ4n) is 2.24. The van der Waals surface area contributed by atoms with Crippen LogP contribution in [0.25, 0.3) is 11.4 Å². The molecule has 3 rings (SSSR count). The number of hydrogen-bond donors (Lipinski definition) is 1. The number of carbonyl (C=O) groups is 1. The van der Waals surface area contributed by atoms with Gasteiger partial charge in [0.25, 0.3) is 0 Å². The molecule has 0 aliphatic rings. The molecule has 0 atom stereocenters. The monoisotopic (exact) mass is 356 g/mol. The van der Waals surface area contributed by atoms with Crippen molar-refractivity contribution in [1.29, 1.82) is 0 Å². The number of rotatable bonds is 6. The Bertz CT molecular complexity index is 836. The van der Waals surface area contributed by atoms with Gasteiger partial charge in [-0.1, -0.05) is 6.07 Å². The van der Waals surface area contributed by atoms with Crippen molar-refractivity contribution in [1.82, 2.24) is 9.97 Å². The minimum absolute atomic E-state index is 0.115. The zero-order chi connectivity index (χ0) is 17.6. The van der Waals surface area contributed by atoms with Crippen molar-refractivity contribution in [3.8, 4) is 11.4 Å². The normalized spacial score (nSPS) is 10.5. The molecule has 3 aromatic rings. The van der Waals surface area contributed by atoms with Crippen molar-refractivity contribution in [3.63, 3.8) is 0 Å². The first-order valence-corrected chi connectivity index (χ1v) is 8.63. The second-order valence-corrected chi connectivity index (χ2v) is 6.31. The van der Waals surface area contributed by atoms with Gasteiger partial charge in [-0.15, -0.1) is 11.3 Å². The summed E-state index contributed by atoms with van der Waals surface area (Å²) in [4.78, 5) is 22.6. The van der Waals surface area contributed by atoms with E-state index in [0.717, 1.165) is 17.1 Å². The molecule has 0 unspecified atom stereocenters. The van der Waals surface area contributed by atoms with Gasteiger partial charge in [-0.3, -0.25) is 9.78 Å². The number of nitrogens with zero attached hydrogens (tertiary/aromatic N) is 3. The minimum atomic E-state index is -0.276. The number of carbonyl (C=O) groups excluding carboxylic acids is 1. The van der Waals surface area contributed by atoms with Crippen molar-refractivity contribution in [2.75, 3.05) is 23.8 Å². The van der Waals surface area contributed by atoms with E-state index in [-0.39, 0.29) is 11.7 Å². The molecular formula is C18H17FN4OS. The molecule has 0 bridgehead atoms. The second kappa shape index (κ2) is 7.85. The number of aromatic nitrogens is 2. The van der Waals surface area contributed by atoms with E-state index in [1.807, 2.05) is 35.5 Å². The molecule has 0 aliphatic carbocycles. The fourth-order valence-corrected chi connectivity index (χ4v) is 2.96. The van der Waals surface area contributed by atoms with E-state index in [1.54, 1.807) is 18.3 Å². The van der Waals surface area contributed by atoms with Crippen molar-refractivity contribution < 1.29 is 9.18 Å². The van der Waals surface area contributed by atoms with E-state index >= 15 is 0 Å². The second-order valence-electron chi connectivity index (χ2n) is 5.45. The Morgan fingerprint density at radius 1 is 1.20 bits per heavy atom. The molecule has 0 aliphatic heterocycles. The molecule has 0 fully saturated rings. The molecule has 5 nitrogen and oxygen atoms in total. The number of hydrogen-bond acceptors (Lipinski definition) is 5. The van der Waals surface area contributed by atoms with Gasteiger partial charge in [0.05, 0.1) is 5.69 Å². The molecule has 2 aromatic heterocycles. The molecule has 1 aromatic carbocycles. The van der Waals surface area contributed by atoms with E-state index in [4.69, 9.17) is 0 Å². The van der Waals surface area contributed by atoms with Crippen LogP contribution in [-0.2, 0) is 4.79 Å². The SMILES string of the molecule is CN(CCC(=O)Nc1nc(-c2ccccn2)cs1)c1ccc(F)cc1. The van der Waals surface area contributed by atoms with E-state index in [1.165, 1.54) is 23.5 Å². The first-order chi connectivity index (χ1) is 12.1. The van der Waals surface area contributed by atoms with Gasteiger partial charge in [0.15, 0.2) is 5.13 Å². The Kier molecular flexibility index (Phi) is 5.35. The largest absolute Gasteiger partial charge is 0.374 e. The lowest BCUT2D eigenvalue weighted by atomic mass is 10.2. The summed E-state index contributed by atoms with van der Waals surface area (Å²) in [6.07, 6.45) is 2.02. The van der Waals surface area contributed by atoms with E-state index in [0.29, 0.717) is 18.1 Å². The number of benzene rings is 1. The van der Waals surface area contributed by atoms with Gasteiger partial charge in [-0.25, -0.2) is 9.37 Å². The highest BCUT2D eigenvalue weighted by atomic mass is 32.1. The van der Waals surface area contributed by atoms with Crippen LogP contribution in [0.5, 0.6) is 0 Å². The predicted molar refractivity (Wildman–Crippen MR) is 98.3 cm³/mol. The molecule has 0 saturated heterocycles. The van der Waals surface area contributed by atoms with Crippen molar-refractivity contribution in [2.45, 2.75) is 6.42 Å². The average molecular weight is 356 g/mol. The van der Waals surface area contributed by atoms with Gasteiger partial charge in [0.1, 0.15) is 11.5 Å². The van der Waals surface area contributed by atoms with Crippen LogP contribution in [0.3, 0.4) is 0 Å². The van der Waals surface area contributed by atoms with Crippen LogP contribution < -0.4 is 10.2 Å². The number of amides is 1. The smallest absolute Gasteiger partial charge is 0.227 e. The lowest BCUT2D eigenvalue weighted by molar-refractivity contribution is -0.116. The molecule has 25 heavy (non-hydrogen) atoms. The van der Waals surface area contributed by atoms with Crippen molar-refractivity contribution in [3.05, 3.63) is 59.9 Å². The number of pyridine rings is 1. The van der Waals surface area contributed by atoms with E-state index in [2.05, 4.69) is 15.3 Å². The summed E-state index contributed by atoms with van der Waals surface area (Å²) in [7, 11) is 1.86. The van der Waals surface area contributed by atoms with Crippen LogP contribution in [0.1, 0.15) is 6.42 Å². The topological polar surface area (TPSA) is 58.1 Å². The van der Waals surface area contributed by atoms with Gasteiger partial charge in [0.2, 0.25) is 5.91 Å². The minimum Gasteiger partial charge on any atom is -0.374 e. The third-order valence-electron chi connectivity index (χ3n) is 3.62. The lowest BCUT2D eigenvalue weighted by Crippen LogP contribution is -2.23. The summed E-state index contributed by atoms with van der Waals surface area (Å²) in [6, 6.07) is 11.8. The van der Waals surface area contributed by atoms with Crippen molar-refractivity contribution >= 4 is 28.1 Å². The Morgan fingerprint density at radius 3 is 2.72 bits per heavy atom. The molecule has 1 amide bonds. The predicted octanol–water partition coefficient (Wildman–Crippen LogP) is 3.81. The molecule has 2 heterocycles. The van der Waals surface area contributed by atoms with Crippen LogP contribution in [-0.4, -0.2) is 29.5 Å². The van der Waals surface area contributed by atoms with Gasteiger partial charge in [0, 0.05) is 37.3 Å². The van der Waals surface area contributed by atoms with Crippen LogP contribution in [0.15, 0.2) is 54.0 Å². The average Bonchev–Trinajstić information content (AvgIpc) is 3.09. The summed E-state index contributed by atoms with van der Waals surface area (Å²) in [5.41, 5.74) is 2.38. The Labute approximate surface area is 149 Å². The highest BCUT2D eigenvalue weighted by Crippen LogP contribution is 2.23. The first-order valence-electron chi connectivity index (χ1n) is 7.75. The Morgan fingerprint density at radius 2 is 2.00 bits per heavy atom. The number of thiazole rings is 1. The molecule has 0 saturated carbocycles. The number of halogens is 1. The number of nitrogens with one attached hydrogen (secondary N) is 1. The molecule has 7 heteroatoms. The van der Waals surface area contributed by atoms with Gasteiger partial charge in [-0.2, -0.15) is 0 Å². The summed E-state index contributed by atoms with van der Waals surface area (Å²) in [5.74, 6) is -0.391. The zero-order valence-corrected chi connectivity index (χ0v) is 14.5.